The molecular formula is C24H23ClO4. The number of hydrogen-bond donors (Lipinski definition) is 1. The number of carbonyl (C=O) groups is 1. The van der Waals surface area contributed by atoms with E-state index >= 15 is 0 Å². The third-order valence-electron chi connectivity index (χ3n) is 5.17. The Balaban J connectivity index is 1.62. The van der Waals surface area contributed by atoms with Crippen molar-refractivity contribution in [1.82, 2.24) is 0 Å². The summed E-state index contributed by atoms with van der Waals surface area (Å²) in [4.78, 5) is 11.0. The number of ether oxygens (including phenoxy) is 2. The molecule has 5 heteroatoms. The minimum absolute atomic E-state index is 0.103. The van der Waals surface area contributed by atoms with Crippen LogP contribution in [0.4, 0.5) is 0 Å². The molecule has 0 aliphatic carbocycles. The maximum atomic E-state index is 11.0. The van der Waals surface area contributed by atoms with Crippen molar-refractivity contribution in [3.8, 4) is 11.5 Å². The molecule has 0 radical (unpaired) electrons. The summed E-state index contributed by atoms with van der Waals surface area (Å²) < 4.78 is 12.3. The summed E-state index contributed by atoms with van der Waals surface area (Å²) >= 11 is 6.32. The zero-order chi connectivity index (χ0) is 20.6. The number of halogens is 1. The average molecular weight is 411 g/mol. The van der Waals surface area contributed by atoms with Crippen LogP contribution in [0.3, 0.4) is 0 Å². The molecule has 150 valence electrons. The van der Waals surface area contributed by atoms with Crippen molar-refractivity contribution in [2.45, 2.75) is 45.3 Å². The largest absolute Gasteiger partial charge is 0.488 e. The van der Waals surface area contributed by atoms with Gasteiger partial charge in [0.05, 0.1) is 0 Å². The zero-order valence-electron chi connectivity index (χ0n) is 16.5. The SMILES string of the molecule is CC1(C)Cc2cc(Cl)cc(COc3ccc(CCC(=O)O)c4ccccc34)c2O1. The van der Waals surface area contributed by atoms with Gasteiger partial charge < -0.3 is 14.6 Å². The summed E-state index contributed by atoms with van der Waals surface area (Å²) in [6.45, 7) is 4.47. The quantitative estimate of drug-likeness (QED) is 0.557. The van der Waals surface area contributed by atoms with E-state index in [9.17, 15) is 4.79 Å². The second-order valence-electron chi connectivity index (χ2n) is 8.04. The fourth-order valence-corrected chi connectivity index (χ4v) is 4.19. The van der Waals surface area contributed by atoms with Gasteiger partial charge in [0.1, 0.15) is 23.7 Å². The highest BCUT2D eigenvalue weighted by molar-refractivity contribution is 6.30. The van der Waals surface area contributed by atoms with Crippen LogP contribution >= 0.6 is 11.6 Å². The third-order valence-corrected chi connectivity index (χ3v) is 5.39. The first-order valence-electron chi connectivity index (χ1n) is 9.68. The molecule has 4 rings (SSSR count). The molecule has 0 saturated heterocycles. The van der Waals surface area contributed by atoms with Gasteiger partial charge in [0.2, 0.25) is 0 Å². The maximum absolute atomic E-state index is 11.0. The van der Waals surface area contributed by atoms with Crippen LogP contribution in [-0.4, -0.2) is 16.7 Å². The van der Waals surface area contributed by atoms with Gasteiger partial charge in [-0.3, -0.25) is 4.79 Å². The van der Waals surface area contributed by atoms with E-state index in [-0.39, 0.29) is 12.0 Å². The van der Waals surface area contributed by atoms with E-state index in [1.165, 1.54) is 0 Å². The van der Waals surface area contributed by atoms with Gasteiger partial charge in [0, 0.05) is 28.8 Å². The molecule has 4 nitrogen and oxygen atoms in total. The molecule has 1 aliphatic heterocycles. The smallest absolute Gasteiger partial charge is 0.303 e. The highest BCUT2D eigenvalue weighted by atomic mass is 35.5. The second kappa shape index (κ2) is 7.60. The van der Waals surface area contributed by atoms with Crippen LogP contribution in [0.25, 0.3) is 10.8 Å². The van der Waals surface area contributed by atoms with Crippen molar-refractivity contribution in [3.63, 3.8) is 0 Å². The van der Waals surface area contributed by atoms with E-state index in [1.54, 1.807) is 0 Å². The number of carboxylic acids is 1. The predicted octanol–water partition coefficient (Wildman–Crippen LogP) is 5.80. The summed E-state index contributed by atoms with van der Waals surface area (Å²) in [5.41, 5.74) is 2.79. The van der Waals surface area contributed by atoms with Gasteiger partial charge in [-0.1, -0.05) is 41.9 Å². The summed E-state index contributed by atoms with van der Waals surface area (Å²) in [6, 6.07) is 15.6. The third kappa shape index (κ3) is 4.18. The molecule has 1 aliphatic rings. The molecule has 1 heterocycles. The summed E-state index contributed by atoms with van der Waals surface area (Å²) in [5, 5.41) is 11.7. The molecule has 0 saturated carbocycles. The molecular weight excluding hydrogens is 388 g/mol. The summed E-state index contributed by atoms with van der Waals surface area (Å²) in [6.07, 6.45) is 1.41. The lowest BCUT2D eigenvalue weighted by Gasteiger charge is -2.19. The Morgan fingerprint density at radius 3 is 2.66 bits per heavy atom. The normalized spacial score (nSPS) is 14.4. The van der Waals surface area contributed by atoms with Gasteiger partial charge in [0.25, 0.3) is 0 Å². The fraction of sp³-hybridized carbons (Fsp3) is 0.292. The van der Waals surface area contributed by atoms with Crippen molar-refractivity contribution in [2.75, 3.05) is 0 Å². The van der Waals surface area contributed by atoms with Crippen LogP contribution in [0.2, 0.25) is 5.02 Å². The maximum Gasteiger partial charge on any atom is 0.303 e. The Hall–Kier alpha value is -2.72. The number of benzene rings is 3. The second-order valence-corrected chi connectivity index (χ2v) is 8.48. The van der Waals surface area contributed by atoms with Gasteiger partial charge in [0.15, 0.2) is 0 Å². The molecule has 1 N–H and O–H groups in total. The molecule has 3 aromatic carbocycles. The highest BCUT2D eigenvalue weighted by Crippen LogP contribution is 2.40. The fourth-order valence-electron chi connectivity index (χ4n) is 3.93. The van der Waals surface area contributed by atoms with E-state index in [1.807, 2.05) is 48.5 Å². The number of carboxylic acid groups (broad SMARTS) is 1. The standard InChI is InChI=1S/C24H23ClO4/c1-24(2)13-16-11-18(25)12-17(23(16)29-24)14-28-21-9-7-15(8-10-22(26)27)19-5-3-4-6-20(19)21/h3-7,9,11-12H,8,10,13-14H2,1-2H3,(H,26,27). The molecule has 0 fully saturated rings. The average Bonchev–Trinajstić information content (AvgIpc) is 2.98. The first-order valence-corrected chi connectivity index (χ1v) is 10.1. The Kier molecular flexibility index (Phi) is 5.13. The molecule has 3 aromatic rings. The number of fused-ring (bicyclic) bond motifs is 2. The zero-order valence-corrected chi connectivity index (χ0v) is 17.3. The summed E-state index contributed by atoms with van der Waals surface area (Å²) in [5.74, 6) is 0.819. The van der Waals surface area contributed by atoms with Gasteiger partial charge in [-0.15, -0.1) is 0 Å². The molecule has 0 unspecified atom stereocenters. The van der Waals surface area contributed by atoms with E-state index in [2.05, 4.69) is 13.8 Å². The van der Waals surface area contributed by atoms with Crippen LogP contribution in [0, 0.1) is 0 Å². The molecule has 0 bridgehead atoms. The first kappa shape index (κ1) is 19.6. The van der Waals surface area contributed by atoms with E-state index in [4.69, 9.17) is 26.2 Å². The highest BCUT2D eigenvalue weighted by Gasteiger charge is 2.32. The van der Waals surface area contributed by atoms with Crippen LogP contribution < -0.4 is 9.47 Å². The lowest BCUT2D eigenvalue weighted by molar-refractivity contribution is -0.136. The number of aryl methyl sites for hydroxylation is 1. The Bertz CT molecular complexity index is 1090. The van der Waals surface area contributed by atoms with Gasteiger partial charge in [-0.25, -0.2) is 0 Å². The molecule has 0 atom stereocenters. The molecule has 29 heavy (non-hydrogen) atoms. The molecule has 0 spiro atoms. The van der Waals surface area contributed by atoms with Crippen molar-refractivity contribution in [1.29, 1.82) is 0 Å². The number of aliphatic carboxylic acids is 1. The van der Waals surface area contributed by atoms with Gasteiger partial charge in [-0.05, 0) is 55.0 Å². The number of hydrogen-bond acceptors (Lipinski definition) is 3. The van der Waals surface area contributed by atoms with E-state index < -0.39 is 5.97 Å². The van der Waals surface area contributed by atoms with Crippen LogP contribution in [0.5, 0.6) is 11.5 Å². The Morgan fingerprint density at radius 2 is 1.90 bits per heavy atom. The van der Waals surface area contributed by atoms with Crippen LogP contribution in [0.1, 0.15) is 37.0 Å². The van der Waals surface area contributed by atoms with E-state index in [0.29, 0.717) is 18.1 Å². The number of rotatable bonds is 6. The van der Waals surface area contributed by atoms with Gasteiger partial charge >= 0.3 is 5.97 Å². The van der Waals surface area contributed by atoms with Crippen molar-refractivity contribution >= 4 is 28.3 Å². The minimum atomic E-state index is -0.799. The lowest BCUT2D eigenvalue weighted by atomic mass is 10.00. The van der Waals surface area contributed by atoms with Crippen LogP contribution in [0.15, 0.2) is 48.5 Å². The van der Waals surface area contributed by atoms with Crippen molar-refractivity contribution in [3.05, 3.63) is 70.2 Å². The Labute approximate surface area is 175 Å². The van der Waals surface area contributed by atoms with Crippen LogP contribution in [-0.2, 0) is 24.2 Å². The van der Waals surface area contributed by atoms with Crippen molar-refractivity contribution < 1.29 is 19.4 Å². The Morgan fingerprint density at radius 1 is 1.14 bits per heavy atom. The molecule has 0 amide bonds. The molecule has 0 aromatic heterocycles. The predicted molar refractivity (Wildman–Crippen MR) is 114 cm³/mol. The first-order chi connectivity index (χ1) is 13.8. The van der Waals surface area contributed by atoms with Gasteiger partial charge in [-0.2, -0.15) is 0 Å². The monoisotopic (exact) mass is 410 g/mol. The topological polar surface area (TPSA) is 55.8 Å². The van der Waals surface area contributed by atoms with Crippen molar-refractivity contribution in [2.24, 2.45) is 0 Å². The summed E-state index contributed by atoms with van der Waals surface area (Å²) in [7, 11) is 0. The lowest BCUT2D eigenvalue weighted by Crippen LogP contribution is -2.25. The van der Waals surface area contributed by atoms with E-state index in [0.717, 1.165) is 45.4 Å². The minimum Gasteiger partial charge on any atom is -0.488 e.